The molecule has 0 amide bonds. The Labute approximate surface area is 75.5 Å². The lowest BCUT2D eigenvalue weighted by molar-refractivity contribution is -0.0973. The van der Waals surface area contributed by atoms with Gasteiger partial charge in [0.15, 0.2) is 0 Å². The summed E-state index contributed by atoms with van der Waals surface area (Å²) in [5.41, 5.74) is -0.770. The Morgan fingerprint density at radius 3 is 2.23 bits per heavy atom. The molecule has 0 bridgehead atoms. The molecule has 0 aromatic rings. The standard InChI is InChI=1S/C8H13F3N2/c1-6(2)13-7(4-5-12-3)8(9,10)11/h4-6,13H,1-3H3. The molecule has 0 aromatic heterocycles. The Morgan fingerprint density at radius 1 is 1.38 bits per heavy atom. The molecule has 0 radical (unpaired) electrons. The van der Waals surface area contributed by atoms with Crippen LogP contribution in [0.25, 0.3) is 0 Å². The van der Waals surface area contributed by atoms with Crippen molar-refractivity contribution in [2.24, 2.45) is 4.99 Å². The third kappa shape index (κ3) is 5.27. The summed E-state index contributed by atoms with van der Waals surface area (Å²) in [6, 6.07) is -0.252. The average Bonchev–Trinajstić information content (AvgIpc) is 1.95. The van der Waals surface area contributed by atoms with Gasteiger partial charge in [0.05, 0.1) is 0 Å². The Bertz CT molecular complexity index is 204. The maximum absolute atomic E-state index is 12.2. The number of nitrogens with zero attached hydrogens (tertiary/aromatic N) is 1. The molecule has 0 fully saturated rings. The summed E-state index contributed by atoms with van der Waals surface area (Å²) in [7, 11) is 1.42. The second kappa shape index (κ2) is 4.89. The van der Waals surface area contributed by atoms with E-state index in [1.54, 1.807) is 13.8 Å². The Hall–Kier alpha value is -1.00. The fourth-order valence-electron chi connectivity index (χ4n) is 0.685. The van der Waals surface area contributed by atoms with E-state index in [1.807, 2.05) is 0 Å². The van der Waals surface area contributed by atoms with Gasteiger partial charge in [0.25, 0.3) is 0 Å². The first-order chi connectivity index (χ1) is 5.88. The minimum absolute atomic E-state index is 0.252. The van der Waals surface area contributed by atoms with Gasteiger partial charge in [-0.25, -0.2) is 0 Å². The highest BCUT2D eigenvalue weighted by molar-refractivity contribution is 5.72. The number of aliphatic imine (C=N–C) groups is 1. The molecule has 13 heavy (non-hydrogen) atoms. The normalized spacial score (nSPS) is 14.2. The maximum Gasteiger partial charge on any atom is 0.430 e. The molecule has 0 aliphatic heterocycles. The van der Waals surface area contributed by atoms with E-state index in [9.17, 15) is 13.2 Å². The zero-order chi connectivity index (χ0) is 10.5. The molecule has 0 saturated carbocycles. The van der Waals surface area contributed by atoms with Crippen molar-refractivity contribution in [3.63, 3.8) is 0 Å². The van der Waals surface area contributed by atoms with Crippen molar-refractivity contribution in [2.75, 3.05) is 7.05 Å². The van der Waals surface area contributed by atoms with Gasteiger partial charge in [-0.2, -0.15) is 13.2 Å². The quantitative estimate of drug-likeness (QED) is 0.684. The van der Waals surface area contributed by atoms with Gasteiger partial charge in [0.2, 0.25) is 0 Å². The van der Waals surface area contributed by atoms with Crippen molar-refractivity contribution in [3.8, 4) is 0 Å². The van der Waals surface area contributed by atoms with Crippen molar-refractivity contribution in [3.05, 3.63) is 11.8 Å². The predicted octanol–water partition coefficient (Wildman–Crippen LogP) is 2.13. The molecule has 0 heterocycles. The van der Waals surface area contributed by atoms with Gasteiger partial charge >= 0.3 is 6.18 Å². The third-order valence-electron chi connectivity index (χ3n) is 1.14. The van der Waals surface area contributed by atoms with Crippen LogP contribution in [0.3, 0.4) is 0 Å². The van der Waals surface area contributed by atoms with Crippen LogP contribution in [0.15, 0.2) is 16.8 Å². The van der Waals surface area contributed by atoms with E-state index >= 15 is 0 Å². The minimum Gasteiger partial charge on any atom is -0.379 e. The summed E-state index contributed by atoms with van der Waals surface area (Å²) in [4.78, 5) is 3.45. The SMILES string of the molecule is CN=CC=C(NC(C)C)C(F)(F)F. The number of rotatable bonds is 3. The number of alkyl halides is 3. The zero-order valence-electron chi connectivity index (χ0n) is 7.81. The first-order valence-electron chi connectivity index (χ1n) is 3.84. The highest BCUT2D eigenvalue weighted by atomic mass is 19.4. The summed E-state index contributed by atoms with van der Waals surface area (Å²) >= 11 is 0. The summed E-state index contributed by atoms with van der Waals surface area (Å²) < 4.78 is 36.6. The molecule has 0 atom stereocenters. The molecule has 0 saturated heterocycles. The molecular weight excluding hydrogens is 181 g/mol. The monoisotopic (exact) mass is 194 g/mol. The molecule has 76 valence electrons. The molecule has 2 nitrogen and oxygen atoms in total. The van der Waals surface area contributed by atoms with Gasteiger partial charge in [-0.3, -0.25) is 4.99 Å². The summed E-state index contributed by atoms with van der Waals surface area (Å²) in [6.45, 7) is 3.28. The van der Waals surface area contributed by atoms with Crippen molar-refractivity contribution in [1.29, 1.82) is 0 Å². The van der Waals surface area contributed by atoms with Gasteiger partial charge in [-0.1, -0.05) is 0 Å². The number of hydrogen-bond donors (Lipinski definition) is 1. The van der Waals surface area contributed by atoms with E-state index in [0.717, 1.165) is 12.3 Å². The van der Waals surface area contributed by atoms with Crippen molar-refractivity contribution < 1.29 is 13.2 Å². The van der Waals surface area contributed by atoms with Crippen LogP contribution in [0.5, 0.6) is 0 Å². The summed E-state index contributed by atoms with van der Waals surface area (Å²) in [5, 5.41) is 2.30. The van der Waals surface area contributed by atoms with Crippen molar-refractivity contribution >= 4 is 6.21 Å². The molecule has 0 aromatic carbocycles. The molecule has 5 heteroatoms. The van der Waals surface area contributed by atoms with Crippen LogP contribution in [-0.4, -0.2) is 25.5 Å². The summed E-state index contributed by atoms with van der Waals surface area (Å²) in [6.07, 6.45) is -2.32. The number of nitrogens with one attached hydrogen (secondary N) is 1. The molecule has 1 N–H and O–H groups in total. The van der Waals surface area contributed by atoms with Crippen molar-refractivity contribution in [2.45, 2.75) is 26.1 Å². The number of halogens is 3. The van der Waals surface area contributed by atoms with Crippen LogP contribution in [0.1, 0.15) is 13.8 Å². The molecular formula is C8H13F3N2. The fraction of sp³-hybridized carbons (Fsp3) is 0.625. The van der Waals surface area contributed by atoms with E-state index in [0.29, 0.717) is 0 Å². The second-order valence-corrected chi connectivity index (χ2v) is 2.78. The first kappa shape index (κ1) is 12.0. The summed E-state index contributed by atoms with van der Waals surface area (Å²) in [5.74, 6) is 0. The van der Waals surface area contributed by atoms with Crippen LogP contribution < -0.4 is 5.32 Å². The lowest BCUT2D eigenvalue weighted by atomic mass is 10.3. The predicted molar refractivity (Wildman–Crippen MR) is 46.8 cm³/mol. The van der Waals surface area contributed by atoms with E-state index in [2.05, 4.69) is 10.3 Å². The number of hydrogen-bond acceptors (Lipinski definition) is 2. The topological polar surface area (TPSA) is 24.4 Å². The minimum atomic E-state index is -4.34. The van der Waals surface area contributed by atoms with E-state index in [-0.39, 0.29) is 6.04 Å². The van der Waals surface area contributed by atoms with Crippen molar-refractivity contribution in [1.82, 2.24) is 5.32 Å². The van der Waals surface area contributed by atoms with E-state index in [1.165, 1.54) is 7.05 Å². The Morgan fingerprint density at radius 2 is 1.92 bits per heavy atom. The van der Waals surface area contributed by atoms with Crippen LogP contribution >= 0.6 is 0 Å². The van der Waals surface area contributed by atoms with Gasteiger partial charge in [0, 0.05) is 19.3 Å². The third-order valence-corrected chi connectivity index (χ3v) is 1.14. The molecule has 0 unspecified atom stereocenters. The lowest BCUT2D eigenvalue weighted by Gasteiger charge is -2.16. The van der Waals surface area contributed by atoms with E-state index in [4.69, 9.17) is 0 Å². The Kier molecular flexibility index (Phi) is 4.51. The Balaban J connectivity index is 4.56. The highest BCUT2D eigenvalue weighted by Gasteiger charge is 2.33. The van der Waals surface area contributed by atoms with E-state index < -0.39 is 11.9 Å². The average molecular weight is 194 g/mol. The first-order valence-corrected chi connectivity index (χ1v) is 3.84. The zero-order valence-corrected chi connectivity index (χ0v) is 7.81. The van der Waals surface area contributed by atoms with Crippen LogP contribution in [0.2, 0.25) is 0 Å². The molecule has 0 aliphatic rings. The van der Waals surface area contributed by atoms with Gasteiger partial charge < -0.3 is 5.32 Å². The molecule has 0 aliphatic carbocycles. The smallest absolute Gasteiger partial charge is 0.379 e. The largest absolute Gasteiger partial charge is 0.430 e. The second-order valence-electron chi connectivity index (χ2n) is 2.78. The van der Waals surface area contributed by atoms with Crippen LogP contribution in [0.4, 0.5) is 13.2 Å². The molecule has 0 spiro atoms. The molecule has 0 rings (SSSR count). The van der Waals surface area contributed by atoms with Gasteiger partial charge in [-0.05, 0) is 19.9 Å². The van der Waals surface area contributed by atoms with Crippen LogP contribution in [0, 0.1) is 0 Å². The fourth-order valence-corrected chi connectivity index (χ4v) is 0.685. The van der Waals surface area contributed by atoms with Gasteiger partial charge in [-0.15, -0.1) is 0 Å². The lowest BCUT2D eigenvalue weighted by Crippen LogP contribution is -2.31. The highest BCUT2D eigenvalue weighted by Crippen LogP contribution is 2.23. The van der Waals surface area contributed by atoms with Gasteiger partial charge in [0.1, 0.15) is 5.70 Å². The maximum atomic E-state index is 12.2. The van der Waals surface area contributed by atoms with Crippen LogP contribution in [-0.2, 0) is 0 Å². The number of allylic oxidation sites excluding steroid dienone is 2.